The predicted molar refractivity (Wildman–Crippen MR) is 127 cm³/mol. The second-order valence-corrected chi connectivity index (χ2v) is 7.68. The van der Waals surface area contributed by atoms with Crippen molar-refractivity contribution in [2.24, 2.45) is 0 Å². The fraction of sp³-hybridized carbons (Fsp3) is 0.0370. The number of aryl methyl sites for hydroxylation is 1. The molecule has 5 aromatic rings. The lowest BCUT2D eigenvalue weighted by Crippen LogP contribution is -2.41. The van der Waals surface area contributed by atoms with E-state index in [0.717, 1.165) is 21.3 Å². The second kappa shape index (κ2) is 8.06. The summed E-state index contributed by atoms with van der Waals surface area (Å²) in [5, 5.41) is 10.5. The third kappa shape index (κ3) is 3.42. The number of aromatic nitrogens is 3. The van der Waals surface area contributed by atoms with Gasteiger partial charge in [0.05, 0.1) is 11.0 Å². The van der Waals surface area contributed by atoms with Crippen LogP contribution in [-0.4, -0.2) is 14.0 Å². The first-order valence-corrected chi connectivity index (χ1v) is 10.4. The Morgan fingerprint density at radius 1 is 0.879 bits per heavy atom. The van der Waals surface area contributed by atoms with Crippen LogP contribution in [0.4, 0.5) is 0 Å². The highest BCUT2D eigenvalue weighted by molar-refractivity contribution is 5.80. The maximum absolute atomic E-state index is 13.7. The van der Waals surface area contributed by atoms with Crippen molar-refractivity contribution in [1.29, 1.82) is 5.26 Å². The van der Waals surface area contributed by atoms with Crippen LogP contribution in [-0.2, 0) is 0 Å². The molecule has 6 nitrogen and oxygen atoms in total. The van der Waals surface area contributed by atoms with Gasteiger partial charge in [-0.25, -0.2) is 18.6 Å². The number of hydrogen-bond donors (Lipinski definition) is 0. The van der Waals surface area contributed by atoms with E-state index in [-0.39, 0.29) is 11.2 Å². The van der Waals surface area contributed by atoms with Gasteiger partial charge in [0.15, 0.2) is 5.65 Å². The molecule has 0 aliphatic rings. The average Bonchev–Trinajstić information content (AvgIpc) is 3.14. The lowest BCUT2D eigenvalue weighted by molar-refractivity contribution is 0.791. The van der Waals surface area contributed by atoms with Crippen LogP contribution in [0.5, 0.6) is 0 Å². The zero-order valence-corrected chi connectivity index (χ0v) is 17.8. The van der Waals surface area contributed by atoms with Gasteiger partial charge in [-0.2, -0.15) is 10.2 Å². The summed E-state index contributed by atoms with van der Waals surface area (Å²) in [5.41, 5.74) is 2.54. The van der Waals surface area contributed by atoms with Crippen LogP contribution in [0, 0.1) is 18.3 Å². The normalized spacial score (nSPS) is 11.6. The minimum Gasteiger partial charge on any atom is -0.247 e. The van der Waals surface area contributed by atoms with Crippen LogP contribution < -0.4 is 16.7 Å². The summed E-state index contributed by atoms with van der Waals surface area (Å²) in [4.78, 5) is 30.8. The van der Waals surface area contributed by atoms with Crippen LogP contribution in [0.2, 0.25) is 0 Å². The van der Waals surface area contributed by atoms with E-state index in [1.807, 2.05) is 85.8 Å². The molecule has 2 heterocycles. The van der Waals surface area contributed by atoms with Crippen LogP contribution in [0.3, 0.4) is 0 Å². The molecule has 158 valence electrons. The van der Waals surface area contributed by atoms with Gasteiger partial charge < -0.3 is 0 Å². The van der Waals surface area contributed by atoms with Crippen LogP contribution in [0.1, 0.15) is 16.7 Å². The minimum absolute atomic E-state index is 0.0527. The average molecular weight is 430 g/mol. The molecule has 0 saturated carbocycles. The number of nitriles is 1. The molecule has 0 unspecified atom stereocenters. The van der Waals surface area contributed by atoms with Crippen LogP contribution in [0.25, 0.3) is 28.5 Å². The third-order valence-electron chi connectivity index (χ3n) is 5.53. The maximum atomic E-state index is 13.7. The molecule has 0 aliphatic carbocycles. The van der Waals surface area contributed by atoms with Crippen molar-refractivity contribution in [2.45, 2.75) is 6.92 Å². The van der Waals surface area contributed by atoms with Gasteiger partial charge >= 0.3 is 11.4 Å². The van der Waals surface area contributed by atoms with Gasteiger partial charge in [0.25, 0.3) is 0 Å². The Labute approximate surface area is 188 Å². The fourth-order valence-electron chi connectivity index (χ4n) is 3.96. The number of fused-ring (bicyclic) bond motifs is 1. The molecule has 0 N–H and O–H groups in total. The molecule has 3 aromatic carbocycles. The standard InChI is InChI=1S/C27H18N4O2/c1-18-12-14-21(15-13-18)30-26(32)29-25-22(17-28)24(20-10-6-3-7-11-20)23(31(25)27(30)33)16-19-8-4-2-5-9-19/h2-16H,1H3/b23-16+. The fourth-order valence-corrected chi connectivity index (χ4v) is 3.96. The SMILES string of the molecule is Cc1ccc(-n2c(=O)nc3c(C#N)c(-c4ccccc4)/c(=C\c4ccccc4)n3c2=O)cc1. The second-order valence-electron chi connectivity index (χ2n) is 7.68. The predicted octanol–water partition coefficient (Wildman–Crippen LogP) is 3.24. The van der Waals surface area contributed by atoms with Gasteiger partial charge in [-0.15, -0.1) is 0 Å². The van der Waals surface area contributed by atoms with E-state index >= 15 is 0 Å². The van der Waals surface area contributed by atoms with Gasteiger partial charge in [0, 0.05) is 5.56 Å². The highest BCUT2D eigenvalue weighted by Crippen LogP contribution is 2.23. The van der Waals surface area contributed by atoms with Gasteiger partial charge in [-0.3, -0.25) is 0 Å². The van der Waals surface area contributed by atoms with E-state index in [1.54, 1.807) is 12.1 Å². The Kier molecular flexibility index (Phi) is 4.92. The zero-order chi connectivity index (χ0) is 22.9. The first-order valence-electron chi connectivity index (χ1n) is 10.4. The van der Waals surface area contributed by atoms with E-state index in [1.165, 1.54) is 4.40 Å². The molecule has 0 radical (unpaired) electrons. The molecule has 0 spiro atoms. The number of hydrogen-bond acceptors (Lipinski definition) is 4. The highest BCUT2D eigenvalue weighted by atomic mass is 16.2. The maximum Gasteiger partial charge on any atom is 0.358 e. The number of rotatable bonds is 3. The van der Waals surface area contributed by atoms with E-state index in [2.05, 4.69) is 11.1 Å². The van der Waals surface area contributed by atoms with E-state index in [9.17, 15) is 14.9 Å². The van der Waals surface area contributed by atoms with Gasteiger partial charge in [-0.05, 0) is 36.3 Å². The van der Waals surface area contributed by atoms with E-state index in [0.29, 0.717) is 16.6 Å². The Bertz CT molecular complexity index is 1690. The van der Waals surface area contributed by atoms with Crippen molar-refractivity contribution < 1.29 is 0 Å². The lowest BCUT2D eigenvalue weighted by atomic mass is 10.0. The Balaban J connectivity index is 1.99. The number of nitrogens with zero attached hydrogens (tertiary/aromatic N) is 4. The molecule has 0 aliphatic heterocycles. The molecular formula is C27H18N4O2. The summed E-state index contributed by atoms with van der Waals surface area (Å²) in [6, 6.07) is 28.1. The van der Waals surface area contributed by atoms with Crippen molar-refractivity contribution in [3.63, 3.8) is 0 Å². The Morgan fingerprint density at radius 2 is 1.52 bits per heavy atom. The van der Waals surface area contributed by atoms with Gasteiger partial charge in [0.2, 0.25) is 0 Å². The van der Waals surface area contributed by atoms with Crippen LogP contribution >= 0.6 is 0 Å². The topological polar surface area (TPSA) is 80.2 Å². The van der Waals surface area contributed by atoms with Crippen molar-refractivity contribution in [3.05, 3.63) is 128 Å². The molecule has 0 saturated heterocycles. The summed E-state index contributed by atoms with van der Waals surface area (Å²) in [6.45, 7) is 1.93. The molecule has 5 rings (SSSR count). The monoisotopic (exact) mass is 430 g/mol. The summed E-state index contributed by atoms with van der Waals surface area (Å²) < 4.78 is 2.39. The van der Waals surface area contributed by atoms with Crippen LogP contribution in [0.15, 0.2) is 94.5 Å². The summed E-state index contributed by atoms with van der Waals surface area (Å²) in [6.07, 6.45) is 1.84. The molecule has 0 amide bonds. The van der Waals surface area contributed by atoms with E-state index in [4.69, 9.17) is 0 Å². The molecule has 0 atom stereocenters. The minimum atomic E-state index is -0.726. The van der Waals surface area contributed by atoms with Crippen molar-refractivity contribution in [3.8, 4) is 22.9 Å². The molecule has 0 bridgehead atoms. The molecule has 33 heavy (non-hydrogen) atoms. The molecule has 6 heteroatoms. The lowest BCUT2D eigenvalue weighted by Gasteiger charge is -2.05. The van der Waals surface area contributed by atoms with Crippen molar-refractivity contribution in [1.82, 2.24) is 14.0 Å². The quantitative estimate of drug-likeness (QED) is 0.440. The Hall–Kier alpha value is -4.76. The Morgan fingerprint density at radius 3 is 2.15 bits per heavy atom. The van der Waals surface area contributed by atoms with E-state index < -0.39 is 11.4 Å². The number of benzene rings is 3. The third-order valence-corrected chi connectivity index (χ3v) is 5.53. The largest absolute Gasteiger partial charge is 0.358 e. The highest BCUT2D eigenvalue weighted by Gasteiger charge is 2.21. The molecule has 0 fully saturated rings. The zero-order valence-electron chi connectivity index (χ0n) is 17.8. The smallest absolute Gasteiger partial charge is 0.247 e. The first kappa shape index (κ1) is 20.2. The first-order chi connectivity index (χ1) is 16.1. The summed E-state index contributed by atoms with van der Waals surface area (Å²) in [5.74, 6) is 0. The van der Waals surface area contributed by atoms with Crippen molar-refractivity contribution >= 4 is 11.7 Å². The summed E-state index contributed by atoms with van der Waals surface area (Å²) in [7, 11) is 0. The van der Waals surface area contributed by atoms with Gasteiger partial charge in [0.1, 0.15) is 11.6 Å². The summed E-state index contributed by atoms with van der Waals surface area (Å²) >= 11 is 0. The molecular weight excluding hydrogens is 412 g/mol. The van der Waals surface area contributed by atoms with Gasteiger partial charge in [-0.1, -0.05) is 78.4 Å². The molecule has 2 aromatic heterocycles. The van der Waals surface area contributed by atoms with Crippen molar-refractivity contribution in [2.75, 3.05) is 0 Å².